The number of nitrogens with one attached hydrogen (secondary N) is 2. The first kappa shape index (κ1) is 20.2. The van der Waals surface area contributed by atoms with Crippen LogP contribution >= 0.6 is 0 Å². The Kier molecular flexibility index (Phi) is 5.74. The van der Waals surface area contributed by atoms with Gasteiger partial charge in [0.15, 0.2) is 5.78 Å². The maximum atomic E-state index is 13.0. The van der Waals surface area contributed by atoms with Gasteiger partial charge >= 0.3 is 0 Å². The molecule has 0 fully saturated rings. The normalized spacial score (nSPS) is 11.0. The molecule has 0 saturated carbocycles. The van der Waals surface area contributed by atoms with E-state index in [1.807, 2.05) is 0 Å². The van der Waals surface area contributed by atoms with E-state index in [9.17, 15) is 22.4 Å². The van der Waals surface area contributed by atoms with Crippen molar-refractivity contribution in [2.24, 2.45) is 0 Å². The fraction of sp³-hybridized carbons (Fsp3) is 0.0476. The summed E-state index contributed by atoms with van der Waals surface area (Å²) in [5, 5.41) is 2.67. The monoisotopic (exact) mass is 412 g/mol. The summed E-state index contributed by atoms with van der Waals surface area (Å²) in [7, 11) is -3.93. The molecule has 3 aromatic rings. The quantitative estimate of drug-likeness (QED) is 0.597. The number of amides is 1. The molecule has 0 saturated heterocycles. The Labute approximate surface area is 167 Å². The lowest BCUT2D eigenvalue weighted by molar-refractivity contribution is 0.101. The number of carbonyl (C=O) groups is 2. The molecule has 0 atom stereocenters. The summed E-state index contributed by atoms with van der Waals surface area (Å²) in [5.74, 6) is -1.14. The number of anilines is 2. The van der Waals surface area contributed by atoms with E-state index < -0.39 is 21.7 Å². The van der Waals surface area contributed by atoms with Crippen molar-refractivity contribution in [3.05, 3.63) is 89.7 Å². The SMILES string of the molecule is CC(=O)c1cccc(NC(=O)c2cccc(NS(=O)(=O)c3ccc(F)cc3)c2)c1. The summed E-state index contributed by atoms with van der Waals surface area (Å²) in [4.78, 5) is 23.9. The molecule has 0 aliphatic heterocycles. The number of Topliss-reactive ketones (excluding diaryl/α,β-unsaturated/α-hetero) is 1. The van der Waals surface area contributed by atoms with Crippen LogP contribution < -0.4 is 10.0 Å². The van der Waals surface area contributed by atoms with E-state index in [1.54, 1.807) is 24.3 Å². The molecule has 3 aromatic carbocycles. The Balaban J connectivity index is 1.78. The van der Waals surface area contributed by atoms with Crippen LogP contribution in [0.3, 0.4) is 0 Å². The van der Waals surface area contributed by atoms with Crippen LogP contribution in [0.5, 0.6) is 0 Å². The van der Waals surface area contributed by atoms with Crippen LogP contribution in [0, 0.1) is 5.82 Å². The fourth-order valence-corrected chi connectivity index (χ4v) is 3.62. The van der Waals surface area contributed by atoms with Gasteiger partial charge in [-0.15, -0.1) is 0 Å². The largest absolute Gasteiger partial charge is 0.322 e. The minimum Gasteiger partial charge on any atom is -0.322 e. The molecule has 0 heterocycles. The van der Waals surface area contributed by atoms with E-state index in [1.165, 1.54) is 31.2 Å². The predicted octanol–water partition coefficient (Wildman–Crippen LogP) is 4.08. The van der Waals surface area contributed by atoms with Crippen LogP contribution in [0.15, 0.2) is 77.7 Å². The van der Waals surface area contributed by atoms with Crippen molar-refractivity contribution >= 4 is 33.1 Å². The zero-order valence-corrected chi connectivity index (χ0v) is 16.2. The summed E-state index contributed by atoms with van der Waals surface area (Å²) in [5.41, 5.74) is 1.31. The molecule has 0 aliphatic carbocycles. The highest BCUT2D eigenvalue weighted by molar-refractivity contribution is 7.92. The van der Waals surface area contributed by atoms with Gasteiger partial charge in [0, 0.05) is 22.5 Å². The number of hydrogen-bond acceptors (Lipinski definition) is 4. The van der Waals surface area contributed by atoms with Gasteiger partial charge in [0.05, 0.1) is 4.90 Å². The summed E-state index contributed by atoms with van der Waals surface area (Å²) in [6.45, 7) is 1.43. The molecular weight excluding hydrogens is 395 g/mol. The van der Waals surface area contributed by atoms with Crippen molar-refractivity contribution in [3.8, 4) is 0 Å². The minimum absolute atomic E-state index is 0.102. The molecule has 3 rings (SSSR count). The average Bonchev–Trinajstić information content (AvgIpc) is 2.68. The summed E-state index contributed by atoms with van der Waals surface area (Å²) in [6, 6.07) is 16.8. The second-order valence-corrected chi connectivity index (χ2v) is 7.91. The second-order valence-electron chi connectivity index (χ2n) is 6.23. The second kappa shape index (κ2) is 8.24. The topological polar surface area (TPSA) is 92.3 Å². The number of sulfonamides is 1. The Morgan fingerprint density at radius 2 is 1.41 bits per heavy atom. The third-order valence-corrected chi connectivity index (χ3v) is 5.43. The van der Waals surface area contributed by atoms with Crippen LogP contribution in [-0.4, -0.2) is 20.1 Å². The predicted molar refractivity (Wildman–Crippen MR) is 108 cm³/mol. The number of hydrogen-bond donors (Lipinski definition) is 2. The molecule has 0 radical (unpaired) electrons. The van der Waals surface area contributed by atoms with Crippen LogP contribution in [0.4, 0.5) is 15.8 Å². The minimum atomic E-state index is -3.93. The number of rotatable bonds is 6. The van der Waals surface area contributed by atoms with Crippen molar-refractivity contribution in [1.82, 2.24) is 0 Å². The van der Waals surface area contributed by atoms with E-state index in [2.05, 4.69) is 10.0 Å². The van der Waals surface area contributed by atoms with Crippen LogP contribution in [0.1, 0.15) is 27.6 Å². The van der Waals surface area contributed by atoms with E-state index in [-0.39, 0.29) is 21.9 Å². The summed E-state index contributed by atoms with van der Waals surface area (Å²) < 4.78 is 40.2. The van der Waals surface area contributed by atoms with Crippen molar-refractivity contribution in [3.63, 3.8) is 0 Å². The van der Waals surface area contributed by atoms with Crippen molar-refractivity contribution in [2.75, 3.05) is 10.0 Å². The van der Waals surface area contributed by atoms with Gasteiger partial charge in [0.25, 0.3) is 15.9 Å². The maximum absolute atomic E-state index is 13.0. The number of halogens is 1. The molecule has 6 nitrogen and oxygen atoms in total. The van der Waals surface area contributed by atoms with E-state index in [0.717, 1.165) is 24.3 Å². The maximum Gasteiger partial charge on any atom is 0.261 e. The first-order valence-electron chi connectivity index (χ1n) is 8.55. The Hall–Kier alpha value is -3.52. The van der Waals surface area contributed by atoms with E-state index >= 15 is 0 Å². The lowest BCUT2D eigenvalue weighted by atomic mass is 10.1. The molecular formula is C21H17FN2O4S. The Morgan fingerprint density at radius 3 is 2.07 bits per heavy atom. The Morgan fingerprint density at radius 1 is 0.828 bits per heavy atom. The highest BCUT2D eigenvalue weighted by atomic mass is 32.2. The summed E-state index contributed by atoms with van der Waals surface area (Å²) in [6.07, 6.45) is 0. The zero-order valence-electron chi connectivity index (χ0n) is 15.3. The van der Waals surface area contributed by atoms with Crippen molar-refractivity contribution < 1.29 is 22.4 Å². The Bertz CT molecular complexity index is 1180. The van der Waals surface area contributed by atoms with Gasteiger partial charge in [0.1, 0.15) is 5.82 Å². The van der Waals surface area contributed by atoms with E-state index in [4.69, 9.17) is 0 Å². The third kappa shape index (κ3) is 5.05. The van der Waals surface area contributed by atoms with Crippen LogP contribution in [-0.2, 0) is 10.0 Å². The lowest BCUT2D eigenvalue weighted by Gasteiger charge is -2.10. The molecule has 0 aromatic heterocycles. The van der Waals surface area contributed by atoms with Gasteiger partial charge in [-0.25, -0.2) is 12.8 Å². The molecule has 148 valence electrons. The first-order chi connectivity index (χ1) is 13.7. The molecule has 0 spiro atoms. The van der Waals surface area contributed by atoms with E-state index in [0.29, 0.717) is 11.3 Å². The van der Waals surface area contributed by atoms with Gasteiger partial charge < -0.3 is 5.32 Å². The zero-order chi connectivity index (χ0) is 21.0. The number of carbonyl (C=O) groups excluding carboxylic acids is 2. The van der Waals surface area contributed by atoms with Gasteiger partial charge in [-0.1, -0.05) is 18.2 Å². The molecule has 8 heteroatoms. The van der Waals surface area contributed by atoms with Crippen molar-refractivity contribution in [1.29, 1.82) is 0 Å². The highest BCUT2D eigenvalue weighted by Crippen LogP contribution is 2.19. The molecule has 0 unspecified atom stereocenters. The number of benzene rings is 3. The smallest absolute Gasteiger partial charge is 0.261 e. The van der Waals surface area contributed by atoms with Gasteiger partial charge in [-0.3, -0.25) is 14.3 Å². The molecule has 1 amide bonds. The van der Waals surface area contributed by atoms with Gasteiger partial charge in [-0.05, 0) is 61.5 Å². The fourth-order valence-electron chi connectivity index (χ4n) is 2.57. The first-order valence-corrected chi connectivity index (χ1v) is 10.0. The van der Waals surface area contributed by atoms with Crippen molar-refractivity contribution in [2.45, 2.75) is 11.8 Å². The molecule has 0 aliphatic rings. The van der Waals surface area contributed by atoms with Crippen LogP contribution in [0.25, 0.3) is 0 Å². The molecule has 29 heavy (non-hydrogen) atoms. The standard InChI is InChI=1S/C21H17FN2O4S/c1-14(25)15-4-2-6-18(12-15)23-21(26)16-5-3-7-19(13-16)24-29(27,28)20-10-8-17(22)9-11-20/h2-13,24H,1H3,(H,23,26). The third-order valence-electron chi connectivity index (χ3n) is 4.03. The van der Waals surface area contributed by atoms with Gasteiger partial charge in [-0.2, -0.15) is 0 Å². The average molecular weight is 412 g/mol. The lowest BCUT2D eigenvalue weighted by Crippen LogP contribution is -2.15. The molecule has 0 bridgehead atoms. The highest BCUT2D eigenvalue weighted by Gasteiger charge is 2.15. The molecule has 2 N–H and O–H groups in total. The van der Waals surface area contributed by atoms with Crippen LogP contribution in [0.2, 0.25) is 0 Å². The summed E-state index contributed by atoms with van der Waals surface area (Å²) >= 11 is 0. The number of ketones is 1. The van der Waals surface area contributed by atoms with Gasteiger partial charge in [0.2, 0.25) is 0 Å².